The van der Waals surface area contributed by atoms with Crippen LogP contribution in [0.15, 0.2) is 27.9 Å². The van der Waals surface area contributed by atoms with Gasteiger partial charge in [-0.2, -0.15) is 4.68 Å². The van der Waals surface area contributed by atoms with Gasteiger partial charge in [-0.25, -0.2) is 18.7 Å². The van der Waals surface area contributed by atoms with Gasteiger partial charge in [0.25, 0.3) is 0 Å². The summed E-state index contributed by atoms with van der Waals surface area (Å²) in [7, 11) is 4.66. The van der Waals surface area contributed by atoms with Crippen LogP contribution in [0.3, 0.4) is 0 Å². The van der Waals surface area contributed by atoms with Crippen molar-refractivity contribution in [2.24, 2.45) is 0 Å². The zero-order chi connectivity index (χ0) is 13.3. The summed E-state index contributed by atoms with van der Waals surface area (Å²) in [5, 5.41) is 5.63. The molecule has 1 heterocycles. The van der Waals surface area contributed by atoms with Crippen LogP contribution >= 0.6 is 34.4 Å². The highest BCUT2D eigenvalue weighted by molar-refractivity contribution is 14.1. The number of hydrogen-bond donors (Lipinski definition) is 1. The van der Waals surface area contributed by atoms with Gasteiger partial charge in [-0.15, -0.1) is 0 Å². The van der Waals surface area contributed by atoms with Crippen LogP contribution in [-0.4, -0.2) is 33.2 Å². The molecule has 0 bridgehead atoms. The molecule has 0 amide bonds. The third-order valence-corrected chi connectivity index (χ3v) is 4.22. The summed E-state index contributed by atoms with van der Waals surface area (Å²) in [5.74, 6) is 0. The van der Waals surface area contributed by atoms with Gasteiger partial charge in [0, 0.05) is 4.90 Å². The first-order valence-electron chi connectivity index (χ1n) is 4.53. The standard InChI is InChI=1S/C8H4BF2IN4OS/c9-8(10,11)18-5-3-1-2-4(6(5)12)16-7(17)13-14-15-16/h1-3H,(H,13,15,17). The van der Waals surface area contributed by atoms with Gasteiger partial charge in [0.2, 0.25) is 5.15 Å². The number of rotatable bonds is 3. The van der Waals surface area contributed by atoms with Gasteiger partial charge in [0.15, 0.2) is 7.85 Å². The fraction of sp³-hybridized carbons (Fsp3) is 0.125. The maximum absolute atomic E-state index is 12.8. The maximum atomic E-state index is 12.8. The summed E-state index contributed by atoms with van der Waals surface area (Å²) in [6, 6.07) is 4.60. The number of hydrogen-bond acceptors (Lipinski definition) is 4. The van der Waals surface area contributed by atoms with E-state index in [9.17, 15) is 13.6 Å². The average Bonchev–Trinajstić information content (AvgIpc) is 2.66. The van der Waals surface area contributed by atoms with Crippen LogP contribution in [0.4, 0.5) is 8.78 Å². The number of tetrazole rings is 1. The van der Waals surface area contributed by atoms with Crippen molar-refractivity contribution in [1.82, 2.24) is 20.2 Å². The minimum atomic E-state index is -3.38. The highest BCUT2D eigenvalue weighted by Gasteiger charge is 2.24. The third-order valence-electron chi connectivity index (χ3n) is 1.89. The van der Waals surface area contributed by atoms with E-state index in [1.54, 1.807) is 6.07 Å². The topological polar surface area (TPSA) is 63.6 Å². The number of benzene rings is 1. The van der Waals surface area contributed by atoms with E-state index in [1.165, 1.54) is 12.1 Å². The van der Waals surface area contributed by atoms with E-state index in [1.807, 2.05) is 22.6 Å². The number of thioether (sulfide) groups is 1. The first-order chi connectivity index (χ1) is 8.38. The van der Waals surface area contributed by atoms with Crippen molar-refractivity contribution in [3.05, 3.63) is 32.3 Å². The molecule has 18 heavy (non-hydrogen) atoms. The van der Waals surface area contributed by atoms with Crippen LogP contribution in [-0.2, 0) is 0 Å². The lowest BCUT2D eigenvalue weighted by Crippen LogP contribution is -2.17. The van der Waals surface area contributed by atoms with Crippen LogP contribution in [0, 0.1) is 3.57 Å². The molecule has 2 radical (unpaired) electrons. The van der Waals surface area contributed by atoms with Crippen molar-refractivity contribution in [3.8, 4) is 5.69 Å². The Balaban J connectivity index is 2.49. The van der Waals surface area contributed by atoms with Gasteiger partial charge >= 0.3 is 5.69 Å². The third kappa shape index (κ3) is 2.91. The Labute approximate surface area is 119 Å². The van der Waals surface area contributed by atoms with Crippen molar-refractivity contribution in [2.45, 2.75) is 10.0 Å². The van der Waals surface area contributed by atoms with E-state index in [-0.39, 0.29) is 16.7 Å². The number of aromatic nitrogens is 4. The summed E-state index contributed by atoms with van der Waals surface area (Å²) in [4.78, 5) is 11.6. The number of nitrogens with zero attached hydrogens (tertiary/aromatic N) is 3. The summed E-state index contributed by atoms with van der Waals surface area (Å²) in [5.41, 5.74) is -0.182. The Kier molecular flexibility index (Phi) is 3.75. The van der Waals surface area contributed by atoms with Crippen LogP contribution in [0.5, 0.6) is 0 Å². The normalized spacial score (nSPS) is 11.7. The van der Waals surface area contributed by atoms with E-state index < -0.39 is 10.8 Å². The van der Waals surface area contributed by atoms with Crippen molar-refractivity contribution in [2.75, 3.05) is 0 Å². The van der Waals surface area contributed by atoms with Crippen molar-refractivity contribution in [1.29, 1.82) is 0 Å². The molecule has 0 aliphatic rings. The van der Waals surface area contributed by atoms with E-state index in [0.717, 1.165) is 4.68 Å². The van der Waals surface area contributed by atoms with Gasteiger partial charge in [0.1, 0.15) is 0 Å². The Morgan fingerprint density at radius 1 is 1.50 bits per heavy atom. The largest absolute Gasteiger partial charge is 0.365 e. The van der Waals surface area contributed by atoms with Gasteiger partial charge in [-0.3, -0.25) is 0 Å². The van der Waals surface area contributed by atoms with Crippen molar-refractivity contribution >= 4 is 42.2 Å². The van der Waals surface area contributed by atoms with Gasteiger partial charge in [-0.1, -0.05) is 17.8 Å². The molecule has 2 rings (SSSR count). The second-order valence-corrected chi connectivity index (χ2v) is 5.44. The summed E-state index contributed by atoms with van der Waals surface area (Å²) >= 11 is 2.06. The molecule has 10 heteroatoms. The van der Waals surface area contributed by atoms with Gasteiger partial charge in [-0.05, 0) is 45.2 Å². The number of alkyl halides is 2. The average molecular weight is 380 g/mol. The number of aromatic amines is 1. The summed E-state index contributed by atoms with van der Waals surface area (Å²) < 4.78 is 27.0. The van der Waals surface area contributed by atoms with Gasteiger partial charge in [0.05, 0.1) is 9.26 Å². The highest BCUT2D eigenvalue weighted by Crippen LogP contribution is 2.37. The Hall–Kier alpha value is -0.905. The Bertz CT molecular complexity index is 626. The van der Waals surface area contributed by atoms with E-state index in [4.69, 9.17) is 0 Å². The van der Waals surface area contributed by atoms with Crippen LogP contribution in [0.1, 0.15) is 0 Å². The fourth-order valence-corrected chi connectivity index (χ4v) is 2.80. The molecule has 0 aliphatic heterocycles. The molecular weight excluding hydrogens is 376 g/mol. The maximum Gasteiger partial charge on any atom is 0.365 e. The predicted molar refractivity (Wildman–Crippen MR) is 71.3 cm³/mol. The molecule has 5 nitrogen and oxygen atoms in total. The Morgan fingerprint density at radius 3 is 2.78 bits per heavy atom. The predicted octanol–water partition coefficient (Wildman–Crippen LogP) is 1.37. The molecule has 1 aromatic heterocycles. The smallest absolute Gasteiger partial charge is 0.244 e. The molecule has 0 atom stereocenters. The van der Waals surface area contributed by atoms with E-state index in [0.29, 0.717) is 9.26 Å². The summed E-state index contributed by atoms with van der Waals surface area (Å²) in [6.45, 7) is 0. The van der Waals surface area contributed by atoms with Gasteiger partial charge < -0.3 is 0 Å². The van der Waals surface area contributed by atoms with Crippen LogP contribution in [0.2, 0.25) is 0 Å². The quantitative estimate of drug-likeness (QED) is 0.497. The number of nitrogens with one attached hydrogen (secondary N) is 1. The molecule has 0 unspecified atom stereocenters. The second kappa shape index (κ2) is 5.00. The zero-order valence-corrected chi connectivity index (χ0v) is 11.6. The first-order valence-corrected chi connectivity index (χ1v) is 6.43. The van der Waals surface area contributed by atoms with Crippen LogP contribution < -0.4 is 5.69 Å². The lowest BCUT2D eigenvalue weighted by molar-refractivity contribution is 0.202. The molecular formula is C8H4BF2IN4OS. The van der Waals surface area contributed by atoms with Crippen molar-refractivity contribution in [3.63, 3.8) is 0 Å². The molecule has 1 aromatic carbocycles. The van der Waals surface area contributed by atoms with E-state index >= 15 is 0 Å². The van der Waals surface area contributed by atoms with Crippen LogP contribution in [0.25, 0.3) is 5.69 Å². The lowest BCUT2D eigenvalue weighted by Gasteiger charge is -2.13. The van der Waals surface area contributed by atoms with Crippen molar-refractivity contribution < 1.29 is 8.78 Å². The Morgan fingerprint density at radius 2 is 2.22 bits per heavy atom. The summed E-state index contributed by atoms with van der Waals surface area (Å²) in [6.07, 6.45) is 0. The number of halogens is 3. The SMILES string of the molecule is [B]C(F)(F)Sc1cccc(-n2nn[nH]c2=O)c1I. The lowest BCUT2D eigenvalue weighted by atomic mass is 10.2. The molecule has 0 aliphatic carbocycles. The molecule has 1 N–H and O–H groups in total. The molecule has 0 spiro atoms. The monoisotopic (exact) mass is 380 g/mol. The first kappa shape index (κ1) is 13.5. The fourth-order valence-electron chi connectivity index (χ4n) is 1.24. The highest BCUT2D eigenvalue weighted by atomic mass is 127. The molecule has 0 saturated carbocycles. The molecule has 2 aromatic rings. The minimum absolute atomic E-state index is 0.208. The minimum Gasteiger partial charge on any atom is -0.244 e. The molecule has 92 valence electrons. The molecule has 0 fully saturated rings. The van der Waals surface area contributed by atoms with E-state index in [2.05, 4.69) is 23.4 Å². The second-order valence-electron chi connectivity index (χ2n) is 3.17. The number of H-pyrrole nitrogens is 1. The molecule has 0 saturated heterocycles. The zero-order valence-electron chi connectivity index (χ0n) is 8.60.